The molecule has 0 aromatic carbocycles. The Morgan fingerprint density at radius 1 is 1.52 bits per heavy atom. The van der Waals surface area contributed by atoms with Crippen molar-refractivity contribution in [2.24, 2.45) is 22.7 Å². The molecule has 0 amide bonds. The zero-order chi connectivity index (χ0) is 15.8. The van der Waals surface area contributed by atoms with E-state index in [0.29, 0.717) is 12.8 Å². The van der Waals surface area contributed by atoms with Crippen LogP contribution in [0.1, 0.15) is 33.1 Å². The second-order valence-electron chi connectivity index (χ2n) is 6.29. The maximum Gasteiger partial charge on any atom is 0.319 e. The molecule has 2 rings (SSSR count). The number of ketones is 1. The molecule has 5 nitrogen and oxygen atoms in total. The lowest BCUT2D eigenvalue weighted by Crippen LogP contribution is -2.57. The summed E-state index contributed by atoms with van der Waals surface area (Å²) < 4.78 is 10.9. The molecule has 4 atom stereocenters. The fourth-order valence-corrected chi connectivity index (χ4v) is 4.73. The van der Waals surface area contributed by atoms with E-state index in [1.54, 1.807) is 6.92 Å². The van der Waals surface area contributed by atoms with Crippen molar-refractivity contribution >= 4 is 40.3 Å². The Balaban J connectivity index is 2.45. The molecule has 2 fully saturated rings. The number of methoxy groups -OCH3 is 1. The summed E-state index contributed by atoms with van der Waals surface area (Å²) in [6.45, 7) is 3.75. The molecule has 1 aliphatic heterocycles. The number of cyclic esters (lactones) is 1. The topological polar surface area (TPSA) is 69.7 Å². The Hall–Kier alpha value is -0.660. The van der Waals surface area contributed by atoms with E-state index in [-0.39, 0.29) is 24.3 Å². The van der Waals surface area contributed by atoms with Crippen LogP contribution < -0.4 is 0 Å². The normalized spacial score (nSPS) is 36.9. The van der Waals surface area contributed by atoms with Crippen molar-refractivity contribution in [3.8, 4) is 0 Å². The van der Waals surface area contributed by atoms with Crippen LogP contribution in [0.4, 0.5) is 0 Å². The molecule has 0 aromatic heterocycles. The van der Waals surface area contributed by atoms with Gasteiger partial charge in [-0.15, -0.1) is 0 Å². The summed E-state index contributed by atoms with van der Waals surface area (Å²) in [5, 5.41) is 0. The van der Waals surface area contributed by atoms with Gasteiger partial charge in [0.05, 0.1) is 18.4 Å². The molecule has 2 aliphatic rings. The number of Topliss-reactive ketones (excluding diaryl/α,β-unsaturated/α-hetero) is 1. The molecule has 0 spiro atoms. The lowest BCUT2D eigenvalue weighted by atomic mass is 9.54. The summed E-state index contributed by atoms with van der Waals surface area (Å²) >= 11 is 2.24. The van der Waals surface area contributed by atoms with Crippen molar-refractivity contribution in [3.05, 3.63) is 0 Å². The highest BCUT2D eigenvalue weighted by atomic mass is 127. The highest BCUT2D eigenvalue weighted by Crippen LogP contribution is 2.54. The largest absolute Gasteiger partial charge is 0.468 e. The van der Waals surface area contributed by atoms with Crippen LogP contribution in [0.5, 0.6) is 0 Å². The van der Waals surface area contributed by atoms with Gasteiger partial charge in [0.2, 0.25) is 0 Å². The molecule has 6 heteroatoms. The first-order valence-electron chi connectivity index (χ1n) is 7.20. The average molecular weight is 408 g/mol. The fourth-order valence-electron chi connectivity index (χ4n) is 3.80. The first kappa shape index (κ1) is 16.7. The van der Waals surface area contributed by atoms with Gasteiger partial charge >= 0.3 is 11.9 Å². The maximum absolute atomic E-state index is 13.2. The van der Waals surface area contributed by atoms with Crippen LogP contribution in [0.3, 0.4) is 0 Å². The number of ether oxygens (including phenoxy) is 2. The van der Waals surface area contributed by atoms with Gasteiger partial charge in [-0.05, 0) is 36.5 Å². The van der Waals surface area contributed by atoms with E-state index in [2.05, 4.69) is 22.6 Å². The first-order valence-corrected chi connectivity index (χ1v) is 8.73. The van der Waals surface area contributed by atoms with Gasteiger partial charge in [-0.3, -0.25) is 14.4 Å². The molecular weight excluding hydrogens is 387 g/mol. The van der Waals surface area contributed by atoms with Crippen LogP contribution in [0, 0.1) is 22.7 Å². The third-order valence-corrected chi connectivity index (χ3v) is 5.87. The molecular formula is C15H21IO5. The zero-order valence-electron chi connectivity index (χ0n) is 12.6. The van der Waals surface area contributed by atoms with Gasteiger partial charge in [-0.1, -0.05) is 29.5 Å². The van der Waals surface area contributed by atoms with Crippen LogP contribution in [0.25, 0.3) is 0 Å². The van der Waals surface area contributed by atoms with Crippen LogP contribution in [-0.2, 0) is 23.9 Å². The molecule has 0 bridgehead atoms. The number of fused-ring (bicyclic) bond motifs is 1. The number of hydrogen-bond acceptors (Lipinski definition) is 5. The van der Waals surface area contributed by atoms with E-state index in [9.17, 15) is 14.4 Å². The maximum atomic E-state index is 13.2. The summed E-state index contributed by atoms with van der Waals surface area (Å²) in [7, 11) is 1.32. The lowest BCUT2D eigenvalue weighted by Gasteiger charge is -2.45. The molecule has 0 N–H and O–H groups in total. The molecule has 0 radical (unpaired) electrons. The average Bonchev–Trinajstić information content (AvgIpc) is 2.76. The van der Waals surface area contributed by atoms with Crippen molar-refractivity contribution in [2.75, 3.05) is 18.1 Å². The van der Waals surface area contributed by atoms with Gasteiger partial charge in [0.15, 0.2) is 5.78 Å². The number of alkyl halides is 1. The smallest absolute Gasteiger partial charge is 0.319 e. The van der Waals surface area contributed by atoms with Gasteiger partial charge in [-0.2, -0.15) is 0 Å². The summed E-state index contributed by atoms with van der Waals surface area (Å²) in [6, 6.07) is 0. The van der Waals surface area contributed by atoms with Crippen molar-refractivity contribution in [2.45, 2.75) is 33.1 Å². The second kappa shape index (κ2) is 5.85. The Kier molecular flexibility index (Phi) is 4.66. The van der Waals surface area contributed by atoms with Crippen molar-refractivity contribution in [1.29, 1.82) is 0 Å². The van der Waals surface area contributed by atoms with E-state index in [0.717, 1.165) is 10.8 Å². The molecule has 21 heavy (non-hydrogen) atoms. The van der Waals surface area contributed by atoms with E-state index in [1.165, 1.54) is 7.11 Å². The van der Waals surface area contributed by atoms with Crippen LogP contribution in [0.2, 0.25) is 0 Å². The summed E-state index contributed by atoms with van der Waals surface area (Å²) in [5.41, 5.74) is -2.04. The Morgan fingerprint density at radius 2 is 2.19 bits per heavy atom. The van der Waals surface area contributed by atoms with Crippen molar-refractivity contribution < 1.29 is 23.9 Å². The molecule has 1 heterocycles. The van der Waals surface area contributed by atoms with Crippen LogP contribution >= 0.6 is 22.6 Å². The van der Waals surface area contributed by atoms with Crippen LogP contribution in [0.15, 0.2) is 0 Å². The van der Waals surface area contributed by atoms with Crippen molar-refractivity contribution in [3.63, 3.8) is 0 Å². The molecule has 1 saturated carbocycles. The number of halogens is 1. The number of esters is 2. The minimum absolute atomic E-state index is 0.0744. The summed E-state index contributed by atoms with van der Waals surface area (Å²) in [6.07, 6.45) is 1.63. The molecule has 1 saturated heterocycles. The number of rotatable bonds is 4. The minimum Gasteiger partial charge on any atom is -0.468 e. The highest BCUT2D eigenvalue weighted by molar-refractivity contribution is 14.1. The van der Waals surface area contributed by atoms with Gasteiger partial charge in [0.25, 0.3) is 0 Å². The number of carbonyl (C=O) groups excluding carboxylic acids is 3. The van der Waals surface area contributed by atoms with E-state index >= 15 is 0 Å². The van der Waals surface area contributed by atoms with Gasteiger partial charge in [0.1, 0.15) is 12.0 Å². The lowest BCUT2D eigenvalue weighted by molar-refractivity contribution is -0.172. The number of carbonyl (C=O) groups is 3. The zero-order valence-corrected chi connectivity index (χ0v) is 14.8. The SMILES string of the molecule is COC(=O)[C@@]1([C@H](C)CCI)CC[C@H]2C(=O)OC[C@@]2(C)C1=O. The predicted octanol–water partition coefficient (Wildman–Crippen LogP) is 2.15. The Labute approximate surface area is 138 Å². The first-order chi connectivity index (χ1) is 9.84. The summed E-state index contributed by atoms with van der Waals surface area (Å²) in [4.78, 5) is 37.4. The van der Waals surface area contributed by atoms with E-state index < -0.39 is 22.7 Å². The third kappa shape index (κ3) is 2.29. The third-order valence-electron chi connectivity index (χ3n) is 5.25. The van der Waals surface area contributed by atoms with Gasteiger partial charge < -0.3 is 9.47 Å². The van der Waals surface area contributed by atoms with Gasteiger partial charge in [-0.25, -0.2) is 0 Å². The van der Waals surface area contributed by atoms with Gasteiger partial charge in [0, 0.05) is 0 Å². The number of hydrogen-bond donors (Lipinski definition) is 0. The summed E-state index contributed by atoms with van der Waals surface area (Å²) in [5.74, 6) is -1.49. The molecule has 1 aliphatic carbocycles. The molecule has 0 unspecified atom stereocenters. The van der Waals surface area contributed by atoms with E-state index in [1.807, 2.05) is 6.92 Å². The second-order valence-corrected chi connectivity index (χ2v) is 7.37. The Bertz CT molecular complexity index is 477. The van der Waals surface area contributed by atoms with E-state index in [4.69, 9.17) is 9.47 Å². The quantitative estimate of drug-likeness (QED) is 0.309. The Morgan fingerprint density at radius 3 is 2.76 bits per heavy atom. The molecule has 0 aromatic rings. The van der Waals surface area contributed by atoms with Crippen molar-refractivity contribution in [1.82, 2.24) is 0 Å². The standard InChI is InChI=1S/C15H21IO5/c1-9(5-7-16)15(13(19)20-3)6-4-10-11(17)21-8-14(10,2)12(15)18/h9-10H,4-8H2,1-3H3/t9-,10+,14-,15-/m1/s1. The monoisotopic (exact) mass is 408 g/mol. The predicted molar refractivity (Wildman–Crippen MR) is 83.9 cm³/mol. The van der Waals surface area contributed by atoms with Crippen LogP contribution in [-0.4, -0.2) is 35.9 Å². The minimum atomic E-state index is -1.14. The highest BCUT2D eigenvalue weighted by Gasteiger charge is 2.65. The molecule has 118 valence electrons. The fraction of sp³-hybridized carbons (Fsp3) is 0.800.